The Morgan fingerprint density at radius 1 is 1.03 bits per heavy atom. The molecule has 5 rings (SSSR count). The van der Waals surface area contributed by atoms with Crippen molar-refractivity contribution in [2.24, 2.45) is 0 Å². The second-order valence-corrected chi connectivity index (χ2v) is 7.71. The van der Waals surface area contributed by atoms with Crippen molar-refractivity contribution < 1.29 is 4.39 Å². The van der Waals surface area contributed by atoms with Gasteiger partial charge in [0.2, 0.25) is 0 Å². The van der Waals surface area contributed by atoms with Crippen LogP contribution in [-0.2, 0) is 6.54 Å². The van der Waals surface area contributed by atoms with Gasteiger partial charge in [0, 0.05) is 24.5 Å². The van der Waals surface area contributed by atoms with Crippen LogP contribution in [0.2, 0.25) is 0 Å². The monoisotopic (exact) mass is 401 g/mol. The first-order chi connectivity index (χ1) is 14.5. The number of rotatable bonds is 4. The van der Waals surface area contributed by atoms with Crippen molar-refractivity contribution >= 4 is 21.9 Å². The number of hydrogen-bond donors (Lipinski definition) is 2. The minimum Gasteiger partial charge on any atom is -0.337 e. The van der Waals surface area contributed by atoms with Crippen LogP contribution in [0.1, 0.15) is 11.1 Å². The van der Waals surface area contributed by atoms with Crippen molar-refractivity contribution in [2.75, 3.05) is 14.1 Å². The van der Waals surface area contributed by atoms with Crippen molar-refractivity contribution in [3.63, 3.8) is 0 Å². The number of benzene rings is 1. The highest BCUT2D eigenvalue weighted by molar-refractivity contribution is 5.95. The second-order valence-electron chi connectivity index (χ2n) is 7.71. The molecule has 8 heteroatoms. The summed E-state index contributed by atoms with van der Waals surface area (Å²) in [6.07, 6.45) is 5.00. The number of nitrogens with zero attached hydrogens (tertiary/aromatic N) is 5. The molecule has 5 aromatic rings. The number of imidazole rings is 1. The summed E-state index contributed by atoms with van der Waals surface area (Å²) in [6.45, 7) is 2.72. The van der Waals surface area contributed by atoms with Gasteiger partial charge in [0.05, 0.1) is 28.1 Å². The number of aromatic amines is 2. The molecule has 2 N–H and O–H groups in total. The average molecular weight is 401 g/mol. The zero-order valence-corrected chi connectivity index (χ0v) is 16.9. The van der Waals surface area contributed by atoms with E-state index in [1.807, 2.05) is 50.2 Å². The molecule has 0 radical (unpaired) electrons. The van der Waals surface area contributed by atoms with Gasteiger partial charge in [-0.15, -0.1) is 0 Å². The van der Waals surface area contributed by atoms with E-state index in [2.05, 4.69) is 30.1 Å². The number of aryl methyl sites for hydroxylation is 1. The first-order valence-electron chi connectivity index (χ1n) is 9.58. The number of pyridine rings is 2. The van der Waals surface area contributed by atoms with Crippen molar-refractivity contribution in [3.8, 4) is 22.8 Å². The van der Waals surface area contributed by atoms with Gasteiger partial charge in [-0.25, -0.2) is 9.37 Å². The van der Waals surface area contributed by atoms with E-state index in [0.717, 1.165) is 22.2 Å². The van der Waals surface area contributed by atoms with Crippen LogP contribution in [0.3, 0.4) is 0 Å². The molecule has 4 aromatic heterocycles. The number of nitrogens with one attached hydrogen (secondary N) is 2. The molecule has 7 nitrogen and oxygen atoms in total. The minimum absolute atomic E-state index is 0.241. The zero-order chi connectivity index (χ0) is 20.8. The van der Waals surface area contributed by atoms with Gasteiger partial charge in [-0.05, 0) is 50.3 Å². The molecule has 0 bridgehead atoms. The third-order valence-corrected chi connectivity index (χ3v) is 4.97. The fourth-order valence-electron chi connectivity index (χ4n) is 3.65. The molecule has 0 fully saturated rings. The van der Waals surface area contributed by atoms with E-state index in [1.165, 1.54) is 0 Å². The summed E-state index contributed by atoms with van der Waals surface area (Å²) in [5, 5.41) is 7.53. The molecular formula is C22H20FN7. The Morgan fingerprint density at radius 3 is 2.73 bits per heavy atom. The Morgan fingerprint density at radius 2 is 1.90 bits per heavy atom. The highest BCUT2D eigenvalue weighted by atomic mass is 19.1. The number of aromatic nitrogens is 6. The molecule has 150 valence electrons. The fourth-order valence-corrected chi connectivity index (χ4v) is 3.65. The highest BCUT2D eigenvalue weighted by Gasteiger charge is 2.20. The molecule has 0 amide bonds. The Labute approximate surface area is 172 Å². The van der Waals surface area contributed by atoms with Gasteiger partial charge in [0.25, 0.3) is 0 Å². The SMILES string of the molecule is Cc1ccc2nc(-c3n[nH]c4cnc(-c5cncc(CN(C)C)c5)c(F)c34)[nH]c2c1. The van der Waals surface area contributed by atoms with Crippen molar-refractivity contribution in [1.82, 2.24) is 35.0 Å². The first-order valence-corrected chi connectivity index (χ1v) is 9.58. The van der Waals surface area contributed by atoms with Gasteiger partial charge < -0.3 is 9.88 Å². The largest absolute Gasteiger partial charge is 0.337 e. The highest BCUT2D eigenvalue weighted by Crippen LogP contribution is 2.32. The molecule has 1 aromatic carbocycles. The van der Waals surface area contributed by atoms with E-state index in [1.54, 1.807) is 18.6 Å². The topological polar surface area (TPSA) is 86.4 Å². The fraction of sp³-hybridized carbons (Fsp3) is 0.182. The molecule has 0 saturated heterocycles. The van der Waals surface area contributed by atoms with Crippen LogP contribution in [0.25, 0.3) is 44.7 Å². The second kappa shape index (κ2) is 7.00. The minimum atomic E-state index is -0.448. The maximum atomic E-state index is 15.6. The van der Waals surface area contributed by atoms with Crippen molar-refractivity contribution in [2.45, 2.75) is 13.5 Å². The van der Waals surface area contributed by atoms with Crippen LogP contribution < -0.4 is 0 Å². The van der Waals surface area contributed by atoms with E-state index < -0.39 is 5.82 Å². The standard InChI is InChI=1S/C22H20FN7/c1-12-4-5-15-16(6-12)27-22(26-15)21-18-17(28-29-21)10-25-20(19(18)23)14-7-13(8-24-9-14)11-30(2)3/h4-10H,11H2,1-3H3,(H,26,27)(H,28,29). The maximum Gasteiger partial charge on any atom is 0.161 e. The molecule has 0 saturated carbocycles. The number of hydrogen-bond acceptors (Lipinski definition) is 5. The van der Waals surface area contributed by atoms with Gasteiger partial charge >= 0.3 is 0 Å². The molecule has 0 aliphatic heterocycles. The Hall–Kier alpha value is -3.65. The average Bonchev–Trinajstić information content (AvgIpc) is 3.31. The van der Waals surface area contributed by atoms with Gasteiger partial charge in [0.15, 0.2) is 11.6 Å². The summed E-state index contributed by atoms with van der Waals surface area (Å²) < 4.78 is 15.6. The molecular weight excluding hydrogens is 381 g/mol. The van der Waals surface area contributed by atoms with Crippen LogP contribution in [0, 0.1) is 12.7 Å². The van der Waals surface area contributed by atoms with Crippen molar-refractivity contribution in [3.05, 3.63) is 59.8 Å². The Kier molecular flexibility index (Phi) is 4.29. The first kappa shape index (κ1) is 18.4. The lowest BCUT2D eigenvalue weighted by molar-refractivity contribution is 0.402. The van der Waals surface area contributed by atoms with Crippen LogP contribution in [0.4, 0.5) is 4.39 Å². The normalized spacial score (nSPS) is 11.8. The van der Waals surface area contributed by atoms with Gasteiger partial charge in [0.1, 0.15) is 11.4 Å². The van der Waals surface area contributed by atoms with E-state index in [-0.39, 0.29) is 5.69 Å². The predicted octanol–water partition coefficient (Wildman–Crippen LogP) is 4.07. The molecule has 0 unspecified atom stereocenters. The lowest BCUT2D eigenvalue weighted by atomic mass is 10.1. The van der Waals surface area contributed by atoms with Crippen LogP contribution >= 0.6 is 0 Å². The summed E-state index contributed by atoms with van der Waals surface area (Å²) >= 11 is 0. The third kappa shape index (κ3) is 3.11. The summed E-state index contributed by atoms with van der Waals surface area (Å²) in [5.74, 6) is 0.0640. The van der Waals surface area contributed by atoms with E-state index >= 15 is 4.39 Å². The quantitative estimate of drug-likeness (QED) is 0.474. The predicted molar refractivity (Wildman–Crippen MR) is 114 cm³/mol. The number of H-pyrrole nitrogens is 2. The molecule has 0 atom stereocenters. The number of fused-ring (bicyclic) bond motifs is 2. The third-order valence-electron chi connectivity index (χ3n) is 4.97. The Balaban J connectivity index is 1.66. The van der Waals surface area contributed by atoms with Gasteiger partial charge in [-0.1, -0.05) is 6.07 Å². The summed E-state index contributed by atoms with van der Waals surface area (Å²) in [5.41, 5.74) is 5.61. The summed E-state index contributed by atoms with van der Waals surface area (Å²) in [6, 6.07) is 7.84. The maximum absolute atomic E-state index is 15.6. The van der Waals surface area contributed by atoms with Crippen LogP contribution in [-0.4, -0.2) is 49.1 Å². The molecule has 0 aliphatic carbocycles. The molecule has 0 aliphatic rings. The number of halogens is 1. The Bertz CT molecular complexity index is 1380. The summed E-state index contributed by atoms with van der Waals surface area (Å²) in [7, 11) is 3.95. The van der Waals surface area contributed by atoms with E-state index in [4.69, 9.17) is 0 Å². The molecule has 0 spiro atoms. The van der Waals surface area contributed by atoms with Crippen LogP contribution in [0.5, 0.6) is 0 Å². The zero-order valence-electron chi connectivity index (χ0n) is 16.9. The molecule has 30 heavy (non-hydrogen) atoms. The van der Waals surface area contributed by atoms with E-state index in [0.29, 0.717) is 34.5 Å². The smallest absolute Gasteiger partial charge is 0.161 e. The lowest BCUT2D eigenvalue weighted by Crippen LogP contribution is -2.10. The molecule has 4 heterocycles. The summed E-state index contributed by atoms with van der Waals surface area (Å²) in [4.78, 5) is 18.5. The van der Waals surface area contributed by atoms with Crippen molar-refractivity contribution in [1.29, 1.82) is 0 Å². The van der Waals surface area contributed by atoms with Gasteiger partial charge in [-0.3, -0.25) is 15.1 Å². The van der Waals surface area contributed by atoms with E-state index in [9.17, 15) is 0 Å². The van der Waals surface area contributed by atoms with Gasteiger partial charge in [-0.2, -0.15) is 5.10 Å². The lowest BCUT2D eigenvalue weighted by Gasteiger charge is -2.10. The van der Waals surface area contributed by atoms with Crippen LogP contribution in [0.15, 0.2) is 42.9 Å².